The molecule has 1 fully saturated rings. The molecule has 0 bridgehead atoms. The van der Waals surface area contributed by atoms with Crippen LogP contribution in [-0.2, 0) is 12.3 Å². The summed E-state index contributed by atoms with van der Waals surface area (Å²) in [6, 6.07) is 9.32. The monoisotopic (exact) mass is 542 g/mol. The molecule has 0 aromatic heterocycles. The van der Waals surface area contributed by atoms with Gasteiger partial charge in [-0.25, -0.2) is 13.2 Å². The van der Waals surface area contributed by atoms with Gasteiger partial charge in [0, 0.05) is 6.07 Å². The summed E-state index contributed by atoms with van der Waals surface area (Å²) in [5.41, 5.74) is -1.85. The van der Waals surface area contributed by atoms with Crippen LogP contribution in [0.15, 0.2) is 54.6 Å². The van der Waals surface area contributed by atoms with Crippen LogP contribution in [0.2, 0.25) is 0 Å². The minimum Gasteiger partial charge on any atom is -0.429 e. The van der Waals surface area contributed by atoms with Crippen molar-refractivity contribution in [3.63, 3.8) is 0 Å². The summed E-state index contributed by atoms with van der Waals surface area (Å²) in [5.74, 6) is -5.01. The second kappa shape index (κ2) is 10.9. The standard InChI is InChI=1S/C29H26F8O/c1-2-3-4-17-5-6-20(13-17)18-7-9-19(10-8-18)21-14-25(31)27(26(32)15-21)29(36,37)38-22-11-12-23(24(30)16-22)28(33,34)35/h7-12,14-17,20H,2-6,13H2,1H3. The third-order valence-corrected chi connectivity index (χ3v) is 7.05. The molecule has 3 aromatic rings. The van der Waals surface area contributed by atoms with E-state index in [0.717, 1.165) is 37.0 Å². The zero-order valence-electron chi connectivity index (χ0n) is 20.5. The van der Waals surface area contributed by atoms with Crippen LogP contribution in [0.1, 0.15) is 68.1 Å². The Bertz CT molecular complexity index is 1240. The Morgan fingerprint density at radius 3 is 2.03 bits per heavy atom. The number of hydrogen-bond donors (Lipinski definition) is 0. The minimum atomic E-state index is -5.05. The first-order valence-corrected chi connectivity index (χ1v) is 12.4. The lowest BCUT2D eigenvalue weighted by Crippen LogP contribution is -2.25. The van der Waals surface area contributed by atoms with Crippen molar-refractivity contribution in [2.24, 2.45) is 5.92 Å². The Hall–Kier alpha value is -3.10. The van der Waals surface area contributed by atoms with Crippen molar-refractivity contribution in [3.05, 3.63) is 88.7 Å². The Balaban J connectivity index is 1.51. The van der Waals surface area contributed by atoms with Gasteiger partial charge in [0.05, 0.1) is 5.56 Å². The second-order valence-electron chi connectivity index (χ2n) is 9.71. The first-order chi connectivity index (χ1) is 17.9. The van der Waals surface area contributed by atoms with Gasteiger partial charge in [0.15, 0.2) is 0 Å². The average molecular weight is 543 g/mol. The van der Waals surface area contributed by atoms with Crippen LogP contribution >= 0.6 is 0 Å². The third kappa shape index (κ3) is 6.13. The SMILES string of the molecule is CCCCC1CCC(c2ccc(-c3cc(F)c(C(F)(F)Oc4ccc(C(F)(F)F)c(F)c4)c(F)c3)cc2)C1. The van der Waals surface area contributed by atoms with Crippen molar-refractivity contribution in [1.29, 1.82) is 0 Å². The molecule has 0 aliphatic heterocycles. The van der Waals surface area contributed by atoms with E-state index in [2.05, 4.69) is 11.7 Å². The predicted octanol–water partition coefficient (Wildman–Crippen LogP) is 9.99. The highest BCUT2D eigenvalue weighted by atomic mass is 19.4. The average Bonchev–Trinajstić information content (AvgIpc) is 3.30. The fraction of sp³-hybridized carbons (Fsp3) is 0.379. The zero-order valence-corrected chi connectivity index (χ0v) is 20.5. The molecular formula is C29H26F8O. The van der Waals surface area contributed by atoms with Gasteiger partial charge in [-0.1, -0.05) is 50.5 Å². The largest absolute Gasteiger partial charge is 0.432 e. The molecule has 0 heterocycles. The maximum Gasteiger partial charge on any atom is 0.432 e. The Kier molecular flexibility index (Phi) is 8.04. The van der Waals surface area contributed by atoms with Gasteiger partial charge in [0.2, 0.25) is 0 Å². The maximum absolute atomic E-state index is 14.7. The van der Waals surface area contributed by atoms with Crippen LogP contribution in [0.25, 0.3) is 11.1 Å². The smallest absolute Gasteiger partial charge is 0.429 e. The predicted molar refractivity (Wildman–Crippen MR) is 127 cm³/mol. The molecule has 9 heteroatoms. The number of benzene rings is 3. The Morgan fingerprint density at radius 1 is 0.789 bits per heavy atom. The van der Waals surface area contributed by atoms with Crippen molar-refractivity contribution < 1.29 is 39.9 Å². The molecule has 0 spiro atoms. The molecule has 0 saturated heterocycles. The first kappa shape index (κ1) is 27.9. The highest BCUT2D eigenvalue weighted by Gasteiger charge is 2.42. The molecule has 1 aliphatic carbocycles. The van der Waals surface area contributed by atoms with Gasteiger partial charge in [-0.15, -0.1) is 0 Å². The lowest BCUT2D eigenvalue weighted by molar-refractivity contribution is -0.189. The molecule has 2 atom stereocenters. The topological polar surface area (TPSA) is 9.23 Å². The maximum atomic E-state index is 14.7. The fourth-order valence-electron chi connectivity index (χ4n) is 5.09. The quantitative estimate of drug-likeness (QED) is 0.258. The molecule has 204 valence electrons. The number of unbranched alkanes of at least 4 members (excludes halogenated alkanes) is 1. The summed E-state index contributed by atoms with van der Waals surface area (Å²) in [6.45, 7) is 2.16. The van der Waals surface area contributed by atoms with Crippen molar-refractivity contribution in [2.45, 2.75) is 63.7 Å². The molecule has 0 amide bonds. The molecule has 1 aliphatic rings. The van der Waals surface area contributed by atoms with Gasteiger partial charge in [0.1, 0.15) is 28.8 Å². The minimum absolute atomic E-state index is 0.0268. The summed E-state index contributed by atoms with van der Waals surface area (Å²) in [4.78, 5) is 0. The molecule has 3 aromatic carbocycles. The highest BCUT2D eigenvalue weighted by molar-refractivity contribution is 5.64. The van der Waals surface area contributed by atoms with E-state index >= 15 is 0 Å². The van der Waals surface area contributed by atoms with Gasteiger partial charge >= 0.3 is 12.3 Å². The molecule has 0 radical (unpaired) electrons. The molecule has 4 rings (SSSR count). The summed E-state index contributed by atoms with van der Waals surface area (Å²) >= 11 is 0. The number of halogens is 8. The van der Waals surface area contributed by atoms with Gasteiger partial charge in [-0.05, 0) is 72.1 Å². The van der Waals surface area contributed by atoms with Gasteiger partial charge < -0.3 is 4.74 Å². The van der Waals surface area contributed by atoms with Gasteiger partial charge in [0.25, 0.3) is 0 Å². The summed E-state index contributed by atoms with van der Waals surface area (Å²) in [5, 5.41) is 0. The van der Waals surface area contributed by atoms with Crippen molar-refractivity contribution >= 4 is 0 Å². The summed E-state index contributed by atoms with van der Waals surface area (Å²) in [6.07, 6.45) is -2.77. The van der Waals surface area contributed by atoms with E-state index in [-0.39, 0.29) is 17.7 Å². The van der Waals surface area contributed by atoms with Crippen LogP contribution < -0.4 is 4.74 Å². The zero-order chi connectivity index (χ0) is 27.7. The van der Waals surface area contributed by atoms with Crippen molar-refractivity contribution in [2.75, 3.05) is 0 Å². The Labute approximate surface area is 215 Å². The van der Waals surface area contributed by atoms with Gasteiger partial charge in [-0.3, -0.25) is 0 Å². The Morgan fingerprint density at radius 2 is 1.45 bits per heavy atom. The van der Waals surface area contributed by atoms with Gasteiger partial charge in [-0.2, -0.15) is 22.0 Å². The molecule has 2 unspecified atom stereocenters. The number of alkyl halides is 5. The van der Waals surface area contributed by atoms with E-state index in [1.54, 1.807) is 12.1 Å². The molecular weight excluding hydrogens is 516 g/mol. The van der Waals surface area contributed by atoms with E-state index in [1.807, 2.05) is 12.1 Å². The second-order valence-corrected chi connectivity index (χ2v) is 9.71. The first-order valence-electron chi connectivity index (χ1n) is 12.4. The van der Waals surface area contributed by atoms with E-state index in [4.69, 9.17) is 0 Å². The van der Waals surface area contributed by atoms with Crippen LogP contribution in [0.5, 0.6) is 5.75 Å². The lowest BCUT2D eigenvalue weighted by atomic mass is 9.93. The van der Waals surface area contributed by atoms with Crippen molar-refractivity contribution in [1.82, 2.24) is 0 Å². The number of hydrogen-bond acceptors (Lipinski definition) is 1. The fourth-order valence-corrected chi connectivity index (χ4v) is 5.09. The van der Waals surface area contributed by atoms with Crippen LogP contribution in [-0.4, -0.2) is 0 Å². The molecule has 1 nitrogen and oxygen atoms in total. The van der Waals surface area contributed by atoms with Crippen LogP contribution in [0, 0.1) is 23.4 Å². The third-order valence-electron chi connectivity index (χ3n) is 7.05. The van der Waals surface area contributed by atoms with E-state index < -0.39 is 46.6 Å². The van der Waals surface area contributed by atoms with E-state index in [0.29, 0.717) is 23.5 Å². The lowest BCUT2D eigenvalue weighted by Gasteiger charge is -2.20. The van der Waals surface area contributed by atoms with Crippen LogP contribution in [0.3, 0.4) is 0 Å². The molecule has 38 heavy (non-hydrogen) atoms. The number of ether oxygens (including phenoxy) is 1. The highest BCUT2D eigenvalue weighted by Crippen LogP contribution is 2.42. The normalized spacial score (nSPS) is 18.1. The van der Waals surface area contributed by atoms with Crippen molar-refractivity contribution in [3.8, 4) is 16.9 Å². The van der Waals surface area contributed by atoms with E-state index in [1.165, 1.54) is 19.3 Å². The molecule has 0 N–H and O–H groups in total. The van der Waals surface area contributed by atoms with Crippen LogP contribution in [0.4, 0.5) is 35.1 Å². The number of rotatable bonds is 8. The summed E-state index contributed by atoms with van der Waals surface area (Å²) in [7, 11) is 0. The molecule has 1 saturated carbocycles. The summed E-state index contributed by atoms with van der Waals surface area (Å²) < 4.78 is 115. The van der Waals surface area contributed by atoms with E-state index in [9.17, 15) is 35.1 Å².